The number of thiazole rings is 1. The van der Waals surface area contributed by atoms with E-state index < -0.39 is 23.8 Å². The number of halogens is 4. The summed E-state index contributed by atoms with van der Waals surface area (Å²) >= 11 is 6.70. The van der Waals surface area contributed by atoms with Gasteiger partial charge in [-0.05, 0) is 30.7 Å². The van der Waals surface area contributed by atoms with E-state index in [0.717, 1.165) is 11.3 Å². The first-order valence-electron chi connectivity index (χ1n) is 7.48. The lowest BCUT2D eigenvalue weighted by Gasteiger charge is -2.12. The van der Waals surface area contributed by atoms with Gasteiger partial charge in [0.15, 0.2) is 0 Å². The smallest absolute Gasteiger partial charge is 0.282 e. The molecule has 1 N–H and O–H groups in total. The number of aryl methyl sites for hydroxylation is 1. The third kappa shape index (κ3) is 3.73. The normalized spacial score (nSPS) is 11.0. The van der Waals surface area contributed by atoms with E-state index in [1.807, 2.05) is 0 Å². The number of carbonyl (C=O) groups is 1. The highest BCUT2D eigenvalue weighted by Crippen LogP contribution is 2.33. The molecule has 0 bridgehead atoms. The molecule has 2 aromatic carbocycles. The van der Waals surface area contributed by atoms with Crippen molar-refractivity contribution >= 4 is 34.5 Å². The third-order valence-corrected chi connectivity index (χ3v) is 4.82. The Morgan fingerprint density at radius 1 is 1.19 bits per heavy atom. The number of hydrogen-bond donors (Lipinski definition) is 1. The van der Waals surface area contributed by atoms with Crippen molar-refractivity contribution < 1.29 is 18.0 Å². The molecule has 0 aliphatic carbocycles. The number of rotatable bonds is 4. The van der Waals surface area contributed by atoms with Gasteiger partial charge in [0.1, 0.15) is 16.4 Å². The van der Waals surface area contributed by atoms with Crippen molar-refractivity contribution in [2.24, 2.45) is 0 Å². The van der Waals surface area contributed by atoms with Crippen LogP contribution in [0.5, 0.6) is 0 Å². The van der Waals surface area contributed by atoms with E-state index >= 15 is 0 Å². The first kappa shape index (κ1) is 18.4. The largest absolute Gasteiger partial charge is 0.318 e. The van der Waals surface area contributed by atoms with Crippen LogP contribution in [0.3, 0.4) is 0 Å². The number of hydrogen-bond acceptors (Lipinski definition) is 3. The summed E-state index contributed by atoms with van der Waals surface area (Å²) in [6.45, 7) is 1.52. The van der Waals surface area contributed by atoms with E-state index in [9.17, 15) is 18.0 Å². The summed E-state index contributed by atoms with van der Waals surface area (Å²) in [4.78, 5) is 15.9. The molecule has 3 aromatic rings. The fourth-order valence-electron chi connectivity index (χ4n) is 2.45. The topological polar surface area (TPSA) is 42.0 Å². The maximum atomic E-state index is 14.4. The minimum Gasteiger partial charge on any atom is -0.318 e. The van der Waals surface area contributed by atoms with E-state index in [1.165, 1.54) is 19.1 Å². The van der Waals surface area contributed by atoms with Gasteiger partial charge in [0.2, 0.25) is 0 Å². The summed E-state index contributed by atoms with van der Waals surface area (Å²) in [7, 11) is 0. The fraction of sp³-hybridized carbons (Fsp3) is 0.111. The van der Waals surface area contributed by atoms with Crippen LogP contribution in [0.2, 0.25) is 5.02 Å². The number of anilines is 1. The molecular formula is C18H12ClF3N2OS. The number of carbonyl (C=O) groups excluding carboxylic acids is 1. The molecule has 1 aromatic heterocycles. The second-order valence-corrected chi connectivity index (χ2v) is 7.01. The lowest BCUT2D eigenvalue weighted by Crippen LogP contribution is -2.14. The minimum absolute atomic E-state index is 0.0916. The van der Waals surface area contributed by atoms with E-state index in [1.54, 1.807) is 30.3 Å². The van der Waals surface area contributed by atoms with Crippen LogP contribution >= 0.6 is 22.9 Å². The molecule has 0 aliphatic rings. The summed E-state index contributed by atoms with van der Waals surface area (Å²) < 4.78 is 40.5. The fourth-order valence-corrected chi connectivity index (χ4v) is 3.39. The standard InChI is InChI=1S/C18H12ClF3N2OS/c1-9-23-15(17(21)22)16(26-9)18(25)24-14-12(3-2-4-13(14)20)10-5-7-11(19)8-6-10/h2-8,17H,1H3,(H,24,25). The molecule has 3 rings (SSSR count). The maximum Gasteiger partial charge on any atom is 0.282 e. The quantitative estimate of drug-likeness (QED) is 0.578. The average Bonchev–Trinajstić information content (AvgIpc) is 3.00. The van der Waals surface area contributed by atoms with Crippen LogP contribution in [0.25, 0.3) is 11.1 Å². The van der Waals surface area contributed by atoms with Crippen LogP contribution < -0.4 is 5.32 Å². The number of aromatic nitrogens is 1. The molecule has 0 spiro atoms. The zero-order chi connectivity index (χ0) is 18.8. The predicted molar refractivity (Wildman–Crippen MR) is 96.6 cm³/mol. The Kier molecular flexibility index (Phi) is 5.29. The molecule has 0 atom stereocenters. The van der Waals surface area contributed by atoms with Gasteiger partial charge in [0.25, 0.3) is 12.3 Å². The van der Waals surface area contributed by atoms with Crippen LogP contribution in [0.1, 0.15) is 26.8 Å². The second-order valence-electron chi connectivity index (χ2n) is 5.37. The van der Waals surface area contributed by atoms with Crippen molar-refractivity contribution in [2.45, 2.75) is 13.3 Å². The van der Waals surface area contributed by atoms with Gasteiger partial charge in [-0.2, -0.15) is 0 Å². The van der Waals surface area contributed by atoms with E-state index in [0.29, 0.717) is 21.2 Å². The molecule has 8 heteroatoms. The summed E-state index contributed by atoms with van der Waals surface area (Å²) in [5.74, 6) is -1.50. The van der Waals surface area contributed by atoms with Gasteiger partial charge in [0, 0.05) is 10.6 Å². The second kappa shape index (κ2) is 7.47. The summed E-state index contributed by atoms with van der Waals surface area (Å²) in [5.41, 5.74) is 0.342. The van der Waals surface area contributed by atoms with Crippen molar-refractivity contribution in [3.63, 3.8) is 0 Å². The molecule has 3 nitrogen and oxygen atoms in total. The van der Waals surface area contributed by atoms with E-state index in [4.69, 9.17) is 11.6 Å². The van der Waals surface area contributed by atoms with Crippen LogP contribution in [0, 0.1) is 12.7 Å². The summed E-state index contributed by atoms with van der Waals surface area (Å²) in [6.07, 6.45) is -2.89. The van der Waals surface area contributed by atoms with Crippen LogP contribution in [0.15, 0.2) is 42.5 Å². The molecule has 0 radical (unpaired) electrons. The van der Waals surface area contributed by atoms with Gasteiger partial charge in [-0.15, -0.1) is 11.3 Å². The molecule has 1 heterocycles. The van der Waals surface area contributed by atoms with Gasteiger partial charge in [-0.3, -0.25) is 4.79 Å². The van der Waals surface area contributed by atoms with Gasteiger partial charge in [0.05, 0.1) is 10.7 Å². The lowest BCUT2D eigenvalue weighted by molar-refractivity contribution is 0.101. The van der Waals surface area contributed by atoms with Crippen LogP contribution in [-0.2, 0) is 0 Å². The Morgan fingerprint density at radius 3 is 2.54 bits per heavy atom. The molecule has 1 amide bonds. The summed E-state index contributed by atoms with van der Waals surface area (Å²) in [6, 6.07) is 10.9. The molecule has 0 saturated carbocycles. The number of benzene rings is 2. The van der Waals surface area contributed by atoms with Crippen LogP contribution in [0.4, 0.5) is 18.9 Å². The van der Waals surface area contributed by atoms with Crippen molar-refractivity contribution in [3.8, 4) is 11.1 Å². The van der Waals surface area contributed by atoms with Gasteiger partial charge in [-0.1, -0.05) is 35.9 Å². The zero-order valence-electron chi connectivity index (χ0n) is 13.4. The average molecular weight is 397 g/mol. The van der Waals surface area contributed by atoms with Crippen molar-refractivity contribution in [2.75, 3.05) is 5.32 Å². The molecule has 0 fully saturated rings. The number of nitrogens with zero attached hydrogens (tertiary/aromatic N) is 1. The molecule has 0 aliphatic heterocycles. The van der Waals surface area contributed by atoms with Crippen molar-refractivity contribution in [1.29, 1.82) is 0 Å². The minimum atomic E-state index is -2.89. The molecular weight excluding hydrogens is 385 g/mol. The van der Waals surface area contributed by atoms with Crippen molar-refractivity contribution in [1.82, 2.24) is 4.98 Å². The first-order valence-corrected chi connectivity index (χ1v) is 8.67. The first-order chi connectivity index (χ1) is 12.4. The Balaban J connectivity index is 2.00. The Labute approximate surface area is 156 Å². The molecule has 0 saturated heterocycles. The third-order valence-electron chi connectivity index (χ3n) is 3.58. The van der Waals surface area contributed by atoms with Gasteiger partial charge >= 0.3 is 0 Å². The lowest BCUT2D eigenvalue weighted by atomic mass is 10.0. The molecule has 134 valence electrons. The highest BCUT2D eigenvalue weighted by Gasteiger charge is 2.25. The molecule has 0 unspecified atom stereocenters. The van der Waals surface area contributed by atoms with E-state index in [-0.39, 0.29) is 10.6 Å². The number of amides is 1. The highest BCUT2D eigenvalue weighted by molar-refractivity contribution is 7.13. The monoisotopic (exact) mass is 396 g/mol. The summed E-state index contributed by atoms with van der Waals surface area (Å²) in [5, 5.41) is 3.25. The Hall–Kier alpha value is -2.38. The number of para-hydroxylation sites is 1. The molecule has 26 heavy (non-hydrogen) atoms. The highest BCUT2D eigenvalue weighted by atomic mass is 35.5. The van der Waals surface area contributed by atoms with Crippen molar-refractivity contribution in [3.05, 3.63) is 68.9 Å². The predicted octanol–water partition coefficient (Wildman–Crippen LogP) is 6.10. The van der Waals surface area contributed by atoms with Gasteiger partial charge < -0.3 is 5.32 Å². The number of alkyl halides is 2. The zero-order valence-corrected chi connectivity index (χ0v) is 15.0. The number of nitrogens with one attached hydrogen (secondary N) is 1. The van der Waals surface area contributed by atoms with Crippen LogP contribution in [-0.4, -0.2) is 10.9 Å². The Bertz CT molecular complexity index is 958. The van der Waals surface area contributed by atoms with E-state index in [2.05, 4.69) is 10.3 Å². The maximum absolute atomic E-state index is 14.4. The van der Waals surface area contributed by atoms with Gasteiger partial charge in [-0.25, -0.2) is 18.2 Å². The Morgan fingerprint density at radius 2 is 1.88 bits per heavy atom. The SMILES string of the molecule is Cc1nc(C(F)F)c(C(=O)Nc2c(F)cccc2-c2ccc(Cl)cc2)s1.